The van der Waals surface area contributed by atoms with E-state index in [1.54, 1.807) is 24.2 Å². The van der Waals surface area contributed by atoms with Gasteiger partial charge in [0.1, 0.15) is 11.6 Å². The molecule has 9 nitrogen and oxygen atoms in total. The maximum absolute atomic E-state index is 12.7. The predicted molar refractivity (Wildman–Crippen MR) is 121 cm³/mol. The van der Waals surface area contributed by atoms with Crippen LogP contribution in [-0.2, 0) is 11.8 Å². The van der Waals surface area contributed by atoms with Crippen LogP contribution in [0.15, 0.2) is 43.0 Å². The molecule has 1 saturated carbocycles. The fraction of sp³-hybridized carbons (Fsp3) is 0.261. The van der Waals surface area contributed by atoms with Crippen LogP contribution in [-0.4, -0.2) is 37.7 Å². The van der Waals surface area contributed by atoms with Crippen molar-refractivity contribution in [3.05, 3.63) is 54.1 Å². The Morgan fingerprint density at radius 3 is 2.78 bits per heavy atom. The van der Waals surface area contributed by atoms with Crippen LogP contribution in [0.3, 0.4) is 0 Å². The first-order valence-corrected chi connectivity index (χ1v) is 10.3. The molecule has 0 saturated heterocycles. The van der Waals surface area contributed by atoms with Crippen LogP contribution >= 0.6 is 0 Å². The zero-order chi connectivity index (χ0) is 22.4. The van der Waals surface area contributed by atoms with Crippen molar-refractivity contribution in [1.82, 2.24) is 24.7 Å². The van der Waals surface area contributed by atoms with Crippen LogP contribution in [0.5, 0.6) is 5.88 Å². The SMILES string of the molecule is COc1cc(C)c(-c2cc3cc(NC(=O)[C@H]4C[C@@H]4c4cnn(C)c4)ncc3c(N)n2)cn1. The fourth-order valence-corrected chi connectivity index (χ4v) is 3.99. The van der Waals surface area contributed by atoms with E-state index in [0.29, 0.717) is 23.2 Å². The molecule has 2 atom stereocenters. The number of nitrogens with two attached hydrogens (primary N) is 1. The molecular weight excluding hydrogens is 406 g/mol. The number of methoxy groups -OCH3 is 1. The van der Waals surface area contributed by atoms with Gasteiger partial charge in [-0.1, -0.05) is 0 Å². The van der Waals surface area contributed by atoms with Gasteiger partial charge in [0.15, 0.2) is 0 Å². The molecule has 3 N–H and O–H groups in total. The summed E-state index contributed by atoms with van der Waals surface area (Å²) in [5.41, 5.74) is 9.82. The summed E-state index contributed by atoms with van der Waals surface area (Å²) in [6.07, 6.45) is 7.95. The van der Waals surface area contributed by atoms with E-state index in [1.165, 1.54) is 0 Å². The van der Waals surface area contributed by atoms with E-state index < -0.39 is 0 Å². The Labute approximate surface area is 184 Å². The Morgan fingerprint density at radius 1 is 1.22 bits per heavy atom. The third kappa shape index (κ3) is 3.62. The highest BCUT2D eigenvalue weighted by atomic mass is 16.5. The highest BCUT2D eigenvalue weighted by molar-refractivity contribution is 5.98. The fourth-order valence-electron chi connectivity index (χ4n) is 3.99. The van der Waals surface area contributed by atoms with Crippen LogP contribution in [0.2, 0.25) is 0 Å². The maximum atomic E-state index is 12.7. The topological polar surface area (TPSA) is 121 Å². The van der Waals surface area contributed by atoms with Crippen molar-refractivity contribution >= 4 is 28.3 Å². The number of nitrogen functional groups attached to an aromatic ring is 1. The van der Waals surface area contributed by atoms with Gasteiger partial charge in [0.25, 0.3) is 0 Å². The molecule has 0 bridgehead atoms. The molecule has 162 valence electrons. The lowest BCUT2D eigenvalue weighted by molar-refractivity contribution is -0.117. The minimum Gasteiger partial charge on any atom is -0.481 e. The summed E-state index contributed by atoms with van der Waals surface area (Å²) >= 11 is 0. The second-order valence-electron chi connectivity index (χ2n) is 8.11. The number of fused-ring (bicyclic) bond motifs is 1. The van der Waals surface area contributed by atoms with Gasteiger partial charge in [-0.15, -0.1) is 0 Å². The molecule has 1 aliphatic rings. The van der Waals surface area contributed by atoms with Crippen LogP contribution in [0.25, 0.3) is 22.0 Å². The average molecular weight is 429 g/mol. The summed E-state index contributed by atoms with van der Waals surface area (Å²) in [7, 11) is 3.45. The Hall–Kier alpha value is -4.01. The number of hydrogen-bond donors (Lipinski definition) is 2. The van der Waals surface area contributed by atoms with E-state index in [-0.39, 0.29) is 17.7 Å². The van der Waals surface area contributed by atoms with E-state index in [4.69, 9.17) is 10.5 Å². The van der Waals surface area contributed by atoms with E-state index in [9.17, 15) is 4.79 Å². The molecule has 9 heteroatoms. The third-order valence-electron chi connectivity index (χ3n) is 5.85. The van der Waals surface area contributed by atoms with Gasteiger partial charge in [-0.2, -0.15) is 5.10 Å². The minimum atomic E-state index is -0.0669. The molecule has 0 unspecified atom stereocenters. The standard InChI is InChI=1S/C23H23N7O2/c1-12-4-21(32-3)26-9-17(12)19-5-13-6-20(25-10-18(13)22(24)28-19)29-23(31)16-7-15(16)14-8-27-30(2)11-14/h4-6,8-11,15-16H,7H2,1-3H3,(H2,24,28)(H,25,29,31)/t15-,16+/m1/s1. The Kier molecular flexibility index (Phi) is 4.73. The molecule has 32 heavy (non-hydrogen) atoms. The van der Waals surface area contributed by atoms with Gasteiger partial charge in [-0.25, -0.2) is 15.0 Å². The summed E-state index contributed by atoms with van der Waals surface area (Å²) in [5, 5.41) is 8.70. The lowest BCUT2D eigenvalue weighted by atomic mass is 10.1. The summed E-state index contributed by atoms with van der Waals surface area (Å²) in [6.45, 7) is 1.97. The number of anilines is 2. The van der Waals surface area contributed by atoms with Crippen LogP contribution in [0.4, 0.5) is 11.6 Å². The maximum Gasteiger partial charge on any atom is 0.229 e. The van der Waals surface area contributed by atoms with Crippen molar-refractivity contribution < 1.29 is 9.53 Å². The average Bonchev–Trinajstić information content (AvgIpc) is 3.46. The van der Waals surface area contributed by atoms with E-state index >= 15 is 0 Å². The quantitative estimate of drug-likeness (QED) is 0.500. The molecule has 0 spiro atoms. The van der Waals surface area contributed by atoms with Gasteiger partial charge in [-0.05, 0) is 47.9 Å². The van der Waals surface area contributed by atoms with Crippen molar-refractivity contribution in [2.24, 2.45) is 13.0 Å². The number of rotatable bonds is 5. The Bertz CT molecular complexity index is 1350. The number of carbonyl (C=O) groups excluding carboxylic acids is 1. The summed E-state index contributed by atoms with van der Waals surface area (Å²) in [4.78, 5) is 25.9. The molecular formula is C23H23N7O2. The number of amides is 1. The van der Waals surface area contributed by atoms with Gasteiger partial charge < -0.3 is 15.8 Å². The third-order valence-corrected chi connectivity index (χ3v) is 5.85. The summed E-state index contributed by atoms with van der Waals surface area (Å²) in [5.74, 6) is 1.50. The number of ether oxygens (including phenoxy) is 1. The molecule has 1 fully saturated rings. The molecule has 5 rings (SSSR count). The zero-order valence-corrected chi connectivity index (χ0v) is 18.0. The lowest BCUT2D eigenvalue weighted by Crippen LogP contribution is -2.15. The van der Waals surface area contributed by atoms with Crippen molar-refractivity contribution in [2.75, 3.05) is 18.2 Å². The van der Waals surface area contributed by atoms with Crippen molar-refractivity contribution in [2.45, 2.75) is 19.3 Å². The van der Waals surface area contributed by atoms with E-state index in [0.717, 1.165) is 33.9 Å². The second-order valence-corrected chi connectivity index (χ2v) is 8.11. The van der Waals surface area contributed by atoms with Crippen LogP contribution in [0.1, 0.15) is 23.5 Å². The smallest absolute Gasteiger partial charge is 0.229 e. The lowest BCUT2D eigenvalue weighted by Gasteiger charge is -2.11. The van der Waals surface area contributed by atoms with Gasteiger partial charge in [-0.3, -0.25) is 9.48 Å². The molecule has 4 aromatic heterocycles. The second kappa shape index (κ2) is 7.60. The number of nitrogens with one attached hydrogen (secondary N) is 1. The van der Waals surface area contributed by atoms with Crippen molar-refractivity contribution in [3.63, 3.8) is 0 Å². The van der Waals surface area contributed by atoms with Gasteiger partial charge in [0, 0.05) is 48.6 Å². The number of nitrogens with zero attached hydrogens (tertiary/aromatic N) is 5. The Balaban J connectivity index is 1.40. The highest BCUT2D eigenvalue weighted by Crippen LogP contribution is 2.47. The Morgan fingerprint density at radius 2 is 2.06 bits per heavy atom. The molecule has 0 aromatic carbocycles. The number of aromatic nitrogens is 5. The molecule has 0 aliphatic heterocycles. The minimum absolute atomic E-state index is 0.0387. The first kappa shape index (κ1) is 19.9. The molecule has 1 amide bonds. The number of carbonyl (C=O) groups is 1. The monoisotopic (exact) mass is 429 g/mol. The van der Waals surface area contributed by atoms with Crippen LogP contribution < -0.4 is 15.8 Å². The summed E-state index contributed by atoms with van der Waals surface area (Å²) < 4.78 is 6.94. The van der Waals surface area contributed by atoms with E-state index in [1.807, 2.05) is 44.6 Å². The van der Waals surface area contributed by atoms with Crippen LogP contribution in [0, 0.1) is 12.8 Å². The first-order valence-electron chi connectivity index (χ1n) is 10.3. The van der Waals surface area contributed by atoms with Gasteiger partial charge in [0.2, 0.25) is 11.8 Å². The normalized spacial score (nSPS) is 17.3. The predicted octanol–water partition coefficient (Wildman–Crippen LogP) is 3.07. The first-order chi connectivity index (χ1) is 15.4. The molecule has 4 heterocycles. The summed E-state index contributed by atoms with van der Waals surface area (Å²) in [6, 6.07) is 5.60. The van der Waals surface area contributed by atoms with Gasteiger partial charge >= 0.3 is 0 Å². The zero-order valence-electron chi connectivity index (χ0n) is 18.0. The van der Waals surface area contributed by atoms with Gasteiger partial charge in [0.05, 0.1) is 19.0 Å². The van der Waals surface area contributed by atoms with Crippen molar-refractivity contribution in [1.29, 1.82) is 0 Å². The number of aryl methyl sites for hydroxylation is 2. The molecule has 0 radical (unpaired) electrons. The largest absolute Gasteiger partial charge is 0.481 e. The molecule has 1 aliphatic carbocycles. The number of pyridine rings is 3. The molecule has 4 aromatic rings. The van der Waals surface area contributed by atoms with E-state index in [2.05, 4.69) is 25.4 Å². The number of hydrogen-bond acceptors (Lipinski definition) is 7. The van der Waals surface area contributed by atoms with Crippen molar-refractivity contribution in [3.8, 4) is 17.1 Å². The highest BCUT2D eigenvalue weighted by Gasteiger charge is 2.44.